The molecule has 5 nitrogen and oxygen atoms in total. The van der Waals surface area contributed by atoms with Crippen LogP contribution in [0, 0.1) is 6.92 Å². The molecular formula is C15H19ClN4O. The first-order chi connectivity index (χ1) is 10.2. The van der Waals surface area contributed by atoms with Crippen molar-refractivity contribution in [2.75, 3.05) is 0 Å². The lowest BCUT2D eigenvalue weighted by Crippen LogP contribution is -2.14. The van der Waals surface area contributed by atoms with Crippen LogP contribution in [0.2, 0.25) is 0 Å². The van der Waals surface area contributed by atoms with Gasteiger partial charge in [-0.25, -0.2) is 9.67 Å². The van der Waals surface area contributed by atoms with E-state index in [-0.39, 0.29) is 6.04 Å². The van der Waals surface area contributed by atoms with Crippen LogP contribution in [-0.2, 0) is 18.8 Å². The molecule has 21 heavy (non-hydrogen) atoms. The van der Waals surface area contributed by atoms with E-state index in [0.29, 0.717) is 5.88 Å². The van der Waals surface area contributed by atoms with Gasteiger partial charge in [-0.2, -0.15) is 5.10 Å². The van der Waals surface area contributed by atoms with Crippen LogP contribution in [0.4, 0.5) is 0 Å². The van der Waals surface area contributed by atoms with Gasteiger partial charge in [0.25, 0.3) is 0 Å². The minimum absolute atomic E-state index is 0.205. The fourth-order valence-electron chi connectivity index (χ4n) is 2.82. The van der Waals surface area contributed by atoms with Gasteiger partial charge in [0.1, 0.15) is 17.1 Å². The van der Waals surface area contributed by atoms with Gasteiger partial charge >= 0.3 is 0 Å². The molecule has 0 saturated carbocycles. The summed E-state index contributed by atoms with van der Waals surface area (Å²) in [7, 11) is 0. The van der Waals surface area contributed by atoms with Gasteiger partial charge in [-0.1, -0.05) is 0 Å². The van der Waals surface area contributed by atoms with E-state index < -0.39 is 0 Å². The van der Waals surface area contributed by atoms with E-state index in [1.54, 1.807) is 6.26 Å². The molecule has 3 rings (SSSR count). The number of imidazole rings is 1. The van der Waals surface area contributed by atoms with Crippen LogP contribution >= 0.6 is 11.6 Å². The number of halogens is 1. The smallest absolute Gasteiger partial charge is 0.159 e. The first-order valence-electron chi connectivity index (χ1n) is 7.18. The van der Waals surface area contributed by atoms with E-state index in [9.17, 15) is 0 Å². The maximum absolute atomic E-state index is 6.10. The van der Waals surface area contributed by atoms with Crippen molar-refractivity contribution in [1.82, 2.24) is 19.3 Å². The van der Waals surface area contributed by atoms with Crippen molar-refractivity contribution in [3.8, 4) is 0 Å². The van der Waals surface area contributed by atoms with Crippen molar-refractivity contribution in [2.45, 2.75) is 45.7 Å². The molecule has 3 aromatic heterocycles. The Morgan fingerprint density at radius 2 is 2.24 bits per heavy atom. The number of alkyl halides is 1. The summed E-state index contributed by atoms with van der Waals surface area (Å²) in [5, 5.41) is 4.55. The SMILES string of the molecule is CCn1nc(C)c2nc(CCl)n(C(C)Cc3ccco3)c21. The van der Waals surface area contributed by atoms with Crippen LogP contribution in [-0.4, -0.2) is 19.3 Å². The summed E-state index contributed by atoms with van der Waals surface area (Å²) in [5.41, 5.74) is 2.94. The molecule has 0 fully saturated rings. The van der Waals surface area contributed by atoms with E-state index >= 15 is 0 Å². The van der Waals surface area contributed by atoms with Gasteiger partial charge in [0, 0.05) is 19.0 Å². The molecule has 3 heterocycles. The third-order valence-corrected chi connectivity index (χ3v) is 3.99. The summed E-state index contributed by atoms with van der Waals surface area (Å²) in [6.07, 6.45) is 2.50. The number of hydrogen-bond acceptors (Lipinski definition) is 3. The second-order valence-corrected chi connectivity index (χ2v) is 5.50. The predicted octanol–water partition coefficient (Wildman–Crippen LogP) is 3.70. The highest BCUT2D eigenvalue weighted by Crippen LogP contribution is 2.26. The first kappa shape index (κ1) is 14.2. The van der Waals surface area contributed by atoms with Gasteiger partial charge in [-0.05, 0) is 32.9 Å². The van der Waals surface area contributed by atoms with Crippen LogP contribution in [0.15, 0.2) is 22.8 Å². The zero-order valence-corrected chi connectivity index (χ0v) is 13.3. The summed E-state index contributed by atoms with van der Waals surface area (Å²) < 4.78 is 9.64. The molecular weight excluding hydrogens is 288 g/mol. The molecule has 3 aromatic rings. The standard InChI is InChI=1S/C15H19ClN4O/c1-4-19-15-14(11(3)18-19)17-13(9-16)20(15)10(2)8-12-6-5-7-21-12/h5-7,10H,4,8-9H2,1-3H3. The van der Waals surface area contributed by atoms with Crippen molar-refractivity contribution in [3.63, 3.8) is 0 Å². The molecule has 0 N–H and O–H groups in total. The molecule has 0 aliphatic carbocycles. The predicted molar refractivity (Wildman–Crippen MR) is 82.6 cm³/mol. The maximum atomic E-state index is 6.10. The molecule has 0 spiro atoms. The topological polar surface area (TPSA) is 48.8 Å². The molecule has 1 unspecified atom stereocenters. The van der Waals surface area contributed by atoms with Crippen LogP contribution in [0.3, 0.4) is 0 Å². The molecule has 112 valence electrons. The van der Waals surface area contributed by atoms with Gasteiger partial charge in [-0.15, -0.1) is 11.6 Å². The van der Waals surface area contributed by atoms with E-state index in [0.717, 1.165) is 41.4 Å². The Bertz CT molecular complexity index is 741. The zero-order valence-electron chi connectivity index (χ0n) is 12.5. The number of hydrogen-bond donors (Lipinski definition) is 0. The Kier molecular flexibility index (Phi) is 3.76. The lowest BCUT2D eigenvalue weighted by Gasteiger charge is -2.16. The fourth-order valence-corrected chi connectivity index (χ4v) is 3.01. The van der Waals surface area contributed by atoms with E-state index in [4.69, 9.17) is 16.0 Å². The lowest BCUT2D eigenvalue weighted by molar-refractivity contribution is 0.444. The first-order valence-corrected chi connectivity index (χ1v) is 7.71. The second kappa shape index (κ2) is 5.56. The van der Waals surface area contributed by atoms with Gasteiger partial charge in [0.15, 0.2) is 5.65 Å². The molecule has 0 aliphatic heterocycles. The third kappa shape index (κ3) is 2.35. The zero-order chi connectivity index (χ0) is 15.0. The number of fused-ring (bicyclic) bond motifs is 1. The molecule has 6 heteroatoms. The summed E-state index contributed by atoms with van der Waals surface area (Å²) in [4.78, 5) is 4.67. The van der Waals surface area contributed by atoms with Gasteiger partial charge in [0.2, 0.25) is 0 Å². The molecule has 1 atom stereocenters. The normalized spacial score (nSPS) is 13.1. The van der Waals surface area contributed by atoms with E-state index in [2.05, 4.69) is 28.5 Å². The van der Waals surface area contributed by atoms with Crippen molar-refractivity contribution in [1.29, 1.82) is 0 Å². The molecule has 0 aromatic carbocycles. The minimum Gasteiger partial charge on any atom is -0.469 e. The quantitative estimate of drug-likeness (QED) is 0.675. The fraction of sp³-hybridized carbons (Fsp3) is 0.467. The Hall–Kier alpha value is -1.75. The highest BCUT2D eigenvalue weighted by Gasteiger charge is 2.21. The van der Waals surface area contributed by atoms with Crippen LogP contribution < -0.4 is 0 Å². The van der Waals surface area contributed by atoms with Crippen molar-refractivity contribution in [2.24, 2.45) is 0 Å². The third-order valence-electron chi connectivity index (χ3n) is 3.75. The highest BCUT2D eigenvalue weighted by atomic mass is 35.5. The number of rotatable bonds is 5. The largest absolute Gasteiger partial charge is 0.469 e. The van der Waals surface area contributed by atoms with Gasteiger partial charge in [0.05, 0.1) is 17.8 Å². The van der Waals surface area contributed by atoms with Crippen LogP contribution in [0.5, 0.6) is 0 Å². The van der Waals surface area contributed by atoms with Gasteiger partial charge in [-0.3, -0.25) is 0 Å². The summed E-state index contributed by atoms with van der Waals surface area (Å²) in [6, 6.07) is 4.11. The summed E-state index contributed by atoms with van der Waals surface area (Å²) in [6.45, 7) is 7.04. The average molecular weight is 307 g/mol. The van der Waals surface area contributed by atoms with Crippen molar-refractivity contribution >= 4 is 22.8 Å². The van der Waals surface area contributed by atoms with E-state index in [1.807, 2.05) is 23.7 Å². The van der Waals surface area contributed by atoms with Crippen molar-refractivity contribution in [3.05, 3.63) is 35.7 Å². The number of aryl methyl sites for hydroxylation is 2. The monoisotopic (exact) mass is 306 g/mol. The average Bonchev–Trinajstić information content (AvgIpc) is 3.15. The molecule has 0 amide bonds. The van der Waals surface area contributed by atoms with Gasteiger partial charge < -0.3 is 8.98 Å². The van der Waals surface area contributed by atoms with Crippen molar-refractivity contribution < 1.29 is 4.42 Å². The Balaban J connectivity index is 2.10. The molecule has 0 radical (unpaired) electrons. The molecule has 0 aliphatic rings. The number of furan rings is 1. The molecule has 0 bridgehead atoms. The maximum Gasteiger partial charge on any atom is 0.159 e. The highest BCUT2D eigenvalue weighted by molar-refractivity contribution is 6.16. The second-order valence-electron chi connectivity index (χ2n) is 5.24. The minimum atomic E-state index is 0.205. The number of aromatic nitrogens is 4. The lowest BCUT2D eigenvalue weighted by atomic mass is 10.2. The molecule has 0 saturated heterocycles. The number of nitrogens with zero attached hydrogens (tertiary/aromatic N) is 4. The van der Waals surface area contributed by atoms with Crippen LogP contribution in [0.1, 0.15) is 37.2 Å². The Morgan fingerprint density at radius 1 is 1.43 bits per heavy atom. The van der Waals surface area contributed by atoms with E-state index in [1.165, 1.54) is 0 Å². The summed E-state index contributed by atoms with van der Waals surface area (Å²) in [5.74, 6) is 2.23. The Labute approximate surface area is 128 Å². The summed E-state index contributed by atoms with van der Waals surface area (Å²) >= 11 is 6.10. The van der Waals surface area contributed by atoms with Crippen LogP contribution in [0.25, 0.3) is 11.2 Å². The Morgan fingerprint density at radius 3 is 2.86 bits per heavy atom.